The molecule has 0 aromatic carbocycles. The van der Waals surface area contributed by atoms with Crippen LogP contribution in [0.1, 0.15) is 39.0 Å². The number of carbonyl (C=O) groups excluding carboxylic acids is 1. The standard InChI is InChI=1S/C14H24N2O/c1-9-3-2-6-16(8-9)14(17)12-10-4-5-11(7-10)13(12)15/h9-13H,2-8,15H2,1H3. The number of carbonyl (C=O) groups is 1. The third kappa shape index (κ3) is 1.88. The van der Waals surface area contributed by atoms with Crippen LogP contribution in [0.15, 0.2) is 0 Å². The molecular formula is C14H24N2O. The van der Waals surface area contributed by atoms with E-state index in [1.54, 1.807) is 0 Å². The number of fused-ring (bicyclic) bond motifs is 2. The van der Waals surface area contributed by atoms with Crippen LogP contribution in [0.3, 0.4) is 0 Å². The molecule has 2 aliphatic carbocycles. The SMILES string of the molecule is CC1CCCN(C(=O)C2C3CCC(C3)C2N)C1. The molecule has 1 amide bonds. The summed E-state index contributed by atoms with van der Waals surface area (Å²) in [6.45, 7) is 4.17. The normalized spacial score (nSPS) is 45.3. The maximum Gasteiger partial charge on any atom is 0.227 e. The van der Waals surface area contributed by atoms with Crippen molar-refractivity contribution in [1.82, 2.24) is 4.90 Å². The van der Waals surface area contributed by atoms with Crippen LogP contribution < -0.4 is 5.73 Å². The van der Waals surface area contributed by atoms with Crippen molar-refractivity contribution in [2.24, 2.45) is 29.4 Å². The number of piperidine rings is 1. The van der Waals surface area contributed by atoms with E-state index in [-0.39, 0.29) is 12.0 Å². The number of amides is 1. The largest absolute Gasteiger partial charge is 0.342 e. The topological polar surface area (TPSA) is 46.3 Å². The Balaban J connectivity index is 1.69. The van der Waals surface area contributed by atoms with E-state index in [0.717, 1.165) is 13.1 Å². The highest BCUT2D eigenvalue weighted by Gasteiger charge is 2.50. The molecule has 1 heterocycles. The van der Waals surface area contributed by atoms with Crippen LogP contribution in [-0.4, -0.2) is 29.9 Å². The van der Waals surface area contributed by atoms with Crippen molar-refractivity contribution < 1.29 is 4.79 Å². The second-order valence-electron chi connectivity index (χ2n) is 6.47. The number of nitrogens with two attached hydrogens (primary N) is 1. The molecule has 5 unspecified atom stereocenters. The van der Waals surface area contributed by atoms with E-state index in [1.165, 1.54) is 32.1 Å². The minimum atomic E-state index is 0.151. The summed E-state index contributed by atoms with van der Waals surface area (Å²) in [5.41, 5.74) is 6.26. The van der Waals surface area contributed by atoms with Crippen molar-refractivity contribution in [3.8, 4) is 0 Å². The van der Waals surface area contributed by atoms with Gasteiger partial charge in [0.05, 0.1) is 5.92 Å². The van der Waals surface area contributed by atoms with Gasteiger partial charge in [-0.15, -0.1) is 0 Å². The molecule has 2 saturated carbocycles. The Morgan fingerprint density at radius 2 is 2.00 bits per heavy atom. The molecule has 1 saturated heterocycles. The van der Waals surface area contributed by atoms with Gasteiger partial charge in [-0.05, 0) is 49.9 Å². The quantitative estimate of drug-likeness (QED) is 0.752. The number of rotatable bonds is 1. The summed E-state index contributed by atoms with van der Waals surface area (Å²) in [4.78, 5) is 14.7. The lowest BCUT2D eigenvalue weighted by atomic mass is 9.83. The van der Waals surface area contributed by atoms with Crippen molar-refractivity contribution in [3.63, 3.8) is 0 Å². The number of hydrogen-bond donors (Lipinski definition) is 1. The van der Waals surface area contributed by atoms with Gasteiger partial charge in [0.25, 0.3) is 0 Å². The average Bonchev–Trinajstić information content (AvgIpc) is 2.88. The van der Waals surface area contributed by atoms with E-state index < -0.39 is 0 Å². The fraction of sp³-hybridized carbons (Fsp3) is 0.929. The van der Waals surface area contributed by atoms with Gasteiger partial charge in [-0.25, -0.2) is 0 Å². The van der Waals surface area contributed by atoms with Gasteiger partial charge in [-0.2, -0.15) is 0 Å². The highest BCUT2D eigenvalue weighted by atomic mass is 16.2. The second kappa shape index (κ2) is 4.27. The second-order valence-corrected chi connectivity index (χ2v) is 6.47. The molecule has 2 N–H and O–H groups in total. The average molecular weight is 236 g/mol. The first-order valence-corrected chi connectivity index (χ1v) is 7.21. The molecular weight excluding hydrogens is 212 g/mol. The van der Waals surface area contributed by atoms with E-state index >= 15 is 0 Å². The molecule has 0 spiro atoms. The summed E-state index contributed by atoms with van der Waals surface area (Å²) >= 11 is 0. The Morgan fingerprint density at radius 3 is 2.65 bits per heavy atom. The van der Waals surface area contributed by atoms with Crippen LogP contribution >= 0.6 is 0 Å². The Bertz CT molecular complexity index is 315. The van der Waals surface area contributed by atoms with Gasteiger partial charge < -0.3 is 10.6 Å². The van der Waals surface area contributed by atoms with Crippen LogP contribution in [-0.2, 0) is 4.79 Å². The maximum absolute atomic E-state index is 12.6. The molecule has 3 rings (SSSR count). The number of nitrogens with zero attached hydrogens (tertiary/aromatic N) is 1. The van der Waals surface area contributed by atoms with Crippen LogP contribution in [0, 0.1) is 23.7 Å². The van der Waals surface area contributed by atoms with E-state index in [9.17, 15) is 4.79 Å². The van der Waals surface area contributed by atoms with Gasteiger partial charge >= 0.3 is 0 Å². The predicted octanol–water partition coefficient (Wildman–Crippen LogP) is 1.62. The smallest absolute Gasteiger partial charge is 0.227 e. The Hall–Kier alpha value is -0.570. The third-order valence-corrected chi connectivity index (χ3v) is 5.23. The van der Waals surface area contributed by atoms with Gasteiger partial charge in [0, 0.05) is 19.1 Å². The molecule has 0 aromatic rings. The zero-order valence-corrected chi connectivity index (χ0v) is 10.8. The Kier molecular flexibility index (Phi) is 2.89. The lowest BCUT2D eigenvalue weighted by Crippen LogP contribution is -2.49. The van der Waals surface area contributed by atoms with Gasteiger partial charge in [0.1, 0.15) is 0 Å². The summed E-state index contributed by atoms with van der Waals surface area (Å²) < 4.78 is 0. The molecule has 3 fully saturated rings. The van der Waals surface area contributed by atoms with E-state index in [0.29, 0.717) is 23.7 Å². The minimum absolute atomic E-state index is 0.151. The predicted molar refractivity (Wildman–Crippen MR) is 67.3 cm³/mol. The van der Waals surface area contributed by atoms with E-state index in [1.807, 2.05) is 0 Å². The molecule has 3 aliphatic rings. The molecule has 3 nitrogen and oxygen atoms in total. The van der Waals surface area contributed by atoms with Gasteiger partial charge in [0.2, 0.25) is 5.91 Å². The molecule has 3 heteroatoms. The van der Waals surface area contributed by atoms with Crippen LogP contribution in [0.2, 0.25) is 0 Å². The van der Waals surface area contributed by atoms with E-state index in [2.05, 4.69) is 11.8 Å². The molecule has 0 aromatic heterocycles. The zero-order valence-electron chi connectivity index (χ0n) is 10.8. The molecule has 2 bridgehead atoms. The Morgan fingerprint density at radius 1 is 1.24 bits per heavy atom. The molecule has 0 radical (unpaired) electrons. The van der Waals surface area contributed by atoms with Gasteiger partial charge in [-0.1, -0.05) is 6.92 Å². The van der Waals surface area contributed by atoms with Crippen molar-refractivity contribution in [1.29, 1.82) is 0 Å². The first-order valence-electron chi connectivity index (χ1n) is 7.21. The van der Waals surface area contributed by atoms with Crippen molar-refractivity contribution in [2.75, 3.05) is 13.1 Å². The molecule has 1 aliphatic heterocycles. The molecule has 5 atom stereocenters. The van der Waals surface area contributed by atoms with Crippen LogP contribution in [0.5, 0.6) is 0 Å². The van der Waals surface area contributed by atoms with Gasteiger partial charge in [-0.3, -0.25) is 4.79 Å². The lowest BCUT2D eigenvalue weighted by molar-refractivity contribution is -0.139. The summed E-state index contributed by atoms with van der Waals surface area (Å²) in [6.07, 6.45) is 6.14. The number of likely N-dealkylation sites (tertiary alicyclic amines) is 1. The molecule has 96 valence electrons. The summed E-state index contributed by atoms with van der Waals surface area (Å²) in [7, 11) is 0. The maximum atomic E-state index is 12.6. The minimum Gasteiger partial charge on any atom is -0.342 e. The zero-order chi connectivity index (χ0) is 12.0. The van der Waals surface area contributed by atoms with Crippen LogP contribution in [0.4, 0.5) is 0 Å². The molecule has 17 heavy (non-hydrogen) atoms. The lowest BCUT2D eigenvalue weighted by Gasteiger charge is -2.36. The first kappa shape index (κ1) is 11.5. The summed E-state index contributed by atoms with van der Waals surface area (Å²) in [5, 5.41) is 0. The van der Waals surface area contributed by atoms with E-state index in [4.69, 9.17) is 5.73 Å². The van der Waals surface area contributed by atoms with Crippen molar-refractivity contribution in [3.05, 3.63) is 0 Å². The van der Waals surface area contributed by atoms with Gasteiger partial charge in [0.15, 0.2) is 0 Å². The first-order chi connectivity index (χ1) is 8.16. The highest BCUT2D eigenvalue weighted by Crippen LogP contribution is 2.48. The number of hydrogen-bond acceptors (Lipinski definition) is 2. The summed E-state index contributed by atoms with van der Waals surface area (Å²) in [6, 6.07) is 0.151. The Labute approximate surface area is 104 Å². The summed E-state index contributed by atoms with van der Waals surface area (Å²) in [5.74, 6) is 2.42. The highest BCUT2D eigenvalue weighted by molar-refractivity contribution is 5.80. The van der Waals surface area contributed by atoms with Crippen molar-refractivity contribution in [2.45, 2.75) is 45.1 Å². The monoisotopic (exact) mass is 236 g/mol. The van der Waals surface area contributed by atoms with Crippen LogP contribution in [0.25, 0.3) is 0 Å². The fourth-order valence-corrected chi connectivity index (χ4v) is 4.30. The fourth-order valence-electron chi connectivity index (χ4n) is 4.30. The van der Waals surface area contributed by atoms with Crippen molar-refractivity contribution >= 4 is 5.91 Å². The third-order valence-electron chi connectivity index (χ3n) is 5.23.